The Bertz CT molecular complexity index is 916. The van der Waals surface area contributed by atoms with Crippen LogP contribution in [0, 0.1) is 12.7 Å². The van der Waals surface area contributed by atoms with Gasteiger partial charge in [0, 0.05) is 18.8 Å². The van der Waals surface area contributed by atoms with Gasteiger partial charge >= 0.3 is 0 Å². The highest BCUT2D eigenvalue weighted by molar-refractivity contribution is 7.99. The third kappa shape index (κ3) is 4.05. The summed E-state index contributed by atoms with van der Waals surface area (Å²) in [7, 11) is 0. The Morgan fingerprint density at radius 2 is 1.89 bits per heavy atom. The molecular weight excluding hydrogens is 367 g/mol. The van der Waals surface area contributed by atoms with Gasteiger partial charge in [-0.2, -0.15) is 0 Å². The number of hydrogen-bond acceptors (Lipinski definition) is 5. The average Bonchev–Trinajstić information content (AvgIpc) is 3.27. The molecular formula is C19H21FN4O2S. The minimum atomic E-state index is -0.321. The van der Waals surface area contributed by atoms with E-state index in [-0.39, 0.29) is 17.5 Å². The Morgan fingerprint density at radius 3 is 2.48 bits per heavy atom. The molecule has 0 bridgehead atoms. The third-order valence-corrected chi connectivity index (χ3v) is 5.17. The smallest absolute Gasteiger partial charge is 0.233 e. The average molecular weight is 388 g/mol. The van der Waals surface area contributed by atoms with E-state index in [2.05, 4.69) is 10.2 Å². The number of carbonyl (C=O) groups excluding carboxylic acids is 1. The first-order valence-corrected chi connectivity index (χ1v) is 9.70. The molecule has 0 unspecified atom stereocenters. The Hall–Kier alpha value is -2.61. The van der Waals surface area contributed by atoms with E-state index in [9.17, 15) is 9.18 Å². The minimum Gasteiger partial charge on any atom is -0.469 e. The molecule has 1 amide bonds. The van der Waals surface area contributed by atoms with Crippen molar-refractivity contribution in [1.82, 2.24) is 19.7 Å². The van der Waals surface area contributed by atoms with Crippen molar-refractivity contribution in [3.05, 3.63) is 48.2 Å². The maximum absolute atomic E-state index is 13.4. The van der Waals surface area contributed by atoms with Gasteiger partial charge in [-0.15, -0.1) is 10.2 Å². The van der Waals surface area contributed by atoms with Crippen LogP contribution >= 0.6 is 11.8 Å². The Kier molecular flexibility index (Phi) is 5.95. The normalized spacial score (nSPS) is 11.0. The van der Waals surface area contributed by atoms with Crippen molar-refractivity contribution in [2.45, 2.75) is 25.9 Å². The number of amides is 1. The lowest BCUT2D eigenvalue weighted by molar-refractivity contribution is -0.127. The van der Waals surface area contributed by atoms with Crippen LogP contribution in [-0.4, -0.2) is 44.4 Å². The predicted octanol–water partition coefficient (Wildman–Crippen LogP) is 3.94. The monoisotopic (exact) mass is 388 g/mol. The molecule has 3 aromatic rings. The number of furan rings is 1. The number of benzene rings is 1. The summed E-state index contributed by atoms with van der Waals surface area (Å²) in [6.45, 7) is 7.08. The number of hydrogen-bond donors (Lipinski definition) is 0. The van der Waals surface area contributed by atoms with Crippen LogP contribution in [0.4, 0.5) is 4.39 Å². The van der Waals surface area contributed by atoms with Crippen molar-refractivity contribution < 1.29 is 13.6 Å². The molecule has 0 aliphatic heterocycles. The van der Waals surface area contributed by atoms with Crippen LogP contribution in [0.3, 0.4) is 0 Å². The second kappa shape index (κ2) is 8.39. The van der Waals surface area contributed by atoms with Gasteiger partial charge in [-0.05, 0) is 51.1 Å². The van der Waals surface area contributed by atoms with Gasteiger partial charge in [0.25, 0.3) is 0 Å². The number of carbonyl (C=O) groups is 1. The van der Waals surface area contributed by atoms with Crippen LogP contribution < -0.4 is 0 Å². The fourth-order valence-corrected chi connectivity index (χ4v) is 3.63. The van der Waals surface area contributed by atoms with E-state index >= 15 is 0 Å². The van der Waals surface area contributed by atoms with Crippen molar-refractivity contribution in [3.63, 3.8) is 0 Å². The van der Waals surface area contributed by atoms with Crippen molar-refractivity contribution in [1.29, 1.82) is 0 Å². The molecule has 6 nitrogen and oxygen atoms in total. The maximum Gasteiger partial charge on any atom is 0.233 e. The van der Waals surface area contributed by atoms with E-state index in [4.69, 9.17) is 4.42 Å². The van der Waals surface area contributed by atoms with Gasteiger partial charge in [0.2, 0.25) is 5.91 Å². The zero-order valence-electron chi connectivity index (χ0n) is 15.5. The number of halogens is 1. The Morgan fingerprint density at radius 1 is 1.19 bits per heavy atom. The molecule has 27 heavy (non-hydrogen) atoms. The fraction of sp³-hybridized carbons (Fsp3) is 0.316. The van der Waals surface area contributed by atoms with E-state index in [1.807, 2.05) is 31.4 Å². The van der Waals surface area contributed by atoms with Gasteiger partial charge < -0.3 is 9.32 Å². The summed E-state index contributed by atoms with van der Waals surface area (Å²) in [5.41, 5.74) is 1.52. The van der Waals surface area contributed by atoms with Gasteiger partial charge in [-0.25, -0.2) is 4.39 Å². The van der Waals surface area contributed by atoms with Gasteiger partial charge in [-0.3, -0.25) is 9.36 Å². The number of aromatic nitrogens is 3. The van der Waals surface area contributed by atoms with Gasteiger partial charge in [-0.1, -0.05) is 11.8 Å². The predicted molar refractivity (Wildman–Crippen MR) is 102 cm³/mol. The molecule has 0 aliphatic carbocycles. The lowest BCUT2D eigenvalue weighted by atomic mass is 10.2. The maximum atomic E-state index is 13.4. The molecule has 3 rings (SSSR count). The molecule has 2 aromatic heterocycles. The van der Waals surface area contributed by atoms with E-state index in [1.165, 1.54) is 23.9 Å². The summed E-state index contributed by atoms with van der Waals surface area (Å²) < 4.78 is 20.6. The van der Waals surface area contributed by atoms with E-state index in [0.717, 1.165) is 11.3 Å². The number of nitrogens with zero attached hydrogens (tertiary/aromatic N) is 4. The largest absolute Gasteiger partial charge is 0.469 e. The Balaban J connectivity index is 1.97. The zero-order chi connectivity index (χ0) is 19.4. The van der Waals surface area contributed by atoms with Crippen LogP contribution in [0.15, 0.2) is 46.2 Å². The first-order valence-electron chi connectivity index (χ1n) is 8.71. The SMILES string of the molecule is CCN(CC)C(=O)CSc1nnc(-c2ccoc2C)n1-c1ccc(F)cc1. The molecule has 0 saturated carbocycles. The summed E-state index contributed by atoms with van der Waals surface area (Å²) >= 11 is 1.31. The van der Waals surface area contributed by atoms with Gasteiger partial charge in [0.1, 0.15) is 11.6 Å². The summed E-state index contributed by atoms with van der Waals surface area (Å²) in [5, 5.41) is 9.13. The lowest BCUT2D eigenvalue weighted by Gasteiger charge is -2.18. The van der Waals surface area contributed by atoms with Crippen molar-refractivity contribution in [2.75, 3.05) is 18.8 Å². The standard InChI is InChI=1S/C19H21FN4O2S/c1-4-23(5-2)17(25)12-27-19-22-21-18(16-10-11-26-13(16)3)24(19)15-8-6-14(20)7-9-15/h6-11H,4-5,12H2,1-3H3. The first-order chi connectivity index (χ1) is 13.0. The highest BCUT2D eigenvalue weighted by atomic mass is 32.2. The molecule has 142 valence electrons. The Labute approximate surface area is 161 Å². The lowest BCUT2D eigenvalue weighted by Crippen LogP contribution is -2.31. The molecule has 0 spiro atoms. The van der Waals surface area contributed by atoms with Gasteiger partial charge in [0.15, 0.2) is 11.0 Å². The van der Waals surface area contributed by atoms with E-state index < -0.39 is 0 Å². The molecule has 0 saturated heterocycles. The second-order valence-corrected chi connectivity index (χ2v) is 6.81. The minimum absolute atomic E-state index is 0.0414. The van der Waals surface area contributed by atoms with Crippen molar-refractivity contribution in [2.24, 2.45) is 0 Å². The molecule has 0 radical (unpaired) electrons. The molecule has 0 fully saturated rings. The van der Waals surface area contributed by atoms with Crippen LogP contribution in [0.5, 0.6) is 0 Å². The number of thioether (sulfide) groups is 1. The van der Waals surface area contributed by atoms with Crippen LogP contribution in [-0.2, 0) is 4.79 Å². The number of aryl methyl sites for hydroxylation is 1. The van der Waals surface area contributed by atoms with Crippen LogP contribution in [0.2, 0.25) is 0 Å². The van der Waals surface area contributed by atoms with Crippen molar-refractivity contribution >= 4 is 17.7 Å². The first kappa shape index (κ1) is 19.2. The highest BCUT2D eigenvalue weighted by Crippen LogP contribution is 2.30. The zero-order valence-corrected chi connectivity index (χ0v) is 16.3. The van der Waals surface area contributed by atoms with Crippen LogP contribution in [0.1, 0.15) is 19.6 Å². The fourth-order valence-electron chi connectivity index (χ4n) is 2.77. The molecule has 8 heteroatoms. The highest BCUT2D eigenvalue weighted by Gasteiger charge is 2.20. The van der Waals surface area contributed by atoms with E-state index in [1.54, 1.807) is 23.3 Å². The topological polar surface area (TPSA) is 64.2 Å². The second-order valence-electron chi connectivity index (χ2n) is 5.86. The molecule has 0 N–H and O–H groups in total. The summed E-state index contributed by atoms with van der Waals surface area (Å²) in [4.78, 5) is 14.1. The van der Waals surface area contributed by atoms with Gasteiger partial charge in [0.05, 0.1) is 17.6 Å². The molecule has 0 atom stereocenters. The summed E-state index contributed by atoms with van der Waals surface area (Å²) in [6, 6.07) is 7.91. The van der Waals surface area contributed by atoms with Crippen LogP contribution in [0.25, 0.3) is 17.1 Å². The van der Waals surface area contributed by atoms with Crippen molar-refractivity contribution in [3.8, 4) is 17.1 Å². The third-order valence-electron chi connectivity index (χ3n) is 4.26. The molecule has 0 aliphatic rings. The molecule has 2 heterocycles. The summed E-state index contributed by atoms with van der Waals surface area (Å²) in [5.74, 6) is 1.27. The van der Waals surface area contributed by atoms with E-state index in [0.29, 0.717) is 29.8 Å². The quantitative estimate of drug-likeness (QED) is 0.574. The number of rotatable bonds is 7. The molecule has 1 aromatic carbocycles. The summed E-state index contributed by atoms with van der Waals surface area (Å²) in [6.07, 6.45) is 1.59.